The maximum Gasteiger partial charge on any atom is 0.325 e. The van der Waals surface area contributed by atoms with E-state index in [2.05, 4.69) is 52.5 Å². The number of carbonyl (C=O) groups is 1. The highest BCUT2D eigenvalue weighted by Crippen LogP contribution is 2.45. The SMILES string of the molecule is C=C(C)C1CCC(C)=CC1c1c(CC)cc(CCCCC)cc1OC(=O)CN(C)C. The van der Waals surface area contributed by atoms with E-state index < -0.39 is 0 Å². The molecule has 0 spiro atoms. The van der Waals surface area contributed by atoms with Gasteiger partial charge < -0.3 is 4.74 Å². The second kappa shape index (κ2) is 11.5. The quantitative estimate of drug-likeness (QED) is 0.191. The molecule has 3 nitrogen and oxygen atoms in total. The van der Waals surface area contributed by atoms with Gasteiger partial charge in [-0.05, 0) is 83.2 Å². The zero-order valence-corrected chi connectivity index (χ0v) is 20.0. The van der Waals surface area contributed by atoms with Gasteiger partial charge in [-0.25, -0.2) is 0 Å². The number of ether oxygens (including phenoxy) is 1. The number of nitrogens with zero attached hydrogens (tertiary/aromatic N) is 1. The molecule has 166 valence electrons. The van der Waals surface area contributed by atoms with E-state index in [0.717, 1.165) is 31.4 Å². The van der Waals surface area contributed by atoms with Crippen molar-refractivity contribution in [3.63, 3.8) is 0 Å². The van der Waals surface area contributed by atoms with E-state index in [0.29, 0.717) is 5.92 Å². The number of esters is 1. The summed E-state index contributed by atoms with van der Waals surface area (Å²) < 4.78 is 6.02. The molecular weight excluding hydrogens is 370 g/mol. The van der Waals surface area contributed by atoms with E-state index in [9.17, 15) is 4.79 Å². The molecule has 0 bridgehead atoms. The molecule has 0 fully saturated rings. The van der Waals surface area contributed by atoms with Crippen LogP contribution in [0.4, 0.5) is 0 Å². The van der Waals surface area contributed by atoms with Gasteiger partial charge in [0, 0.05) is 11.5 Å². The van der Waals surface area contributed by atoms with E-state index in [1.807, 2.05) is 19.0 Å². The monoisotopic (exact) mass is 411 g/mol. The number of unbranched alkanes of at least 4 members (excludes halogenated alkanes) is 2. The molecule has 0 heterocycles. The van der Waals surface area contributed by atoms with Gasteiger partial charge in [-0.2, -0.15) is 0 Å². The first-order valence-electron chi connectivity index (χ1n) is 11.6. The van der Waals surface area contributed by atoms with Crippen LogP contribution in [0.15, 0.2) is 35.9 Å². The van der Waals surface area contributed by atoms with Crippen LogP contribution in [0, 0.1) is 5.92 Å². The van der Waals surface area contributed by atoms with Gasteiger partial charge in [-0.15, -0.1) is 0 Å². The minimum absolute atomic E-state index is 0.197. The van der Waals surface area contributed by atoms with Crippen molar-refractivity contribution in [2.24, 2.45) is 5.92 Å². The highest BCUT2D eigenvalue weighted by molar-refractivity contribution is 5.75. The van der Waals surface area contributed by atoms with Crippen LogP contribution in [-0.2, 0) is 17.6 Å². The normalized spacial score (nSPS) is 19.0. The molecule has 0 radical (unpaired) electrons. The van der Waals surface area contributed by atoms with Gasteiger partial charge in [-0.3, -0.25) is 9.69 Å². The molecule has 0 saturated heterocycles. The fourth-order valence-electron chi connectivity index (χ4n) is 4.55. The van der Waals surface area contributed by atoms with Gasteiger partial charge in [0.1, 0.15) is 5.75 Å². The van der Waals surface area contributed by atoms with Crippen LogP contribution in [0.3, 0.4) is 0 Å². The molecule has 2 atom stereocenters. The van der Waals surface area contributed by atoms with Crippen molar-refractivity contribution >= 4 is 5.97 Å². The van der Waals surface area contributed by atoms with E-state index in [4.69, 9.17) is 4.74 Å². The topological polar surface area (TPSA) is 29.5 Å². The molecule has 0 aliphatic heterocycles. The smallest absolute Gasteiger partial charge is 0.325 e. The average Bonchev–Trinajstić information content (AvgIpc) is 2.66. The minimum Gasteiger partial charge on any atom is -0.425 e. The third kappa shape index (κ3) is 6.57. The van der Waals surface area contributed by atoms with E-state index in [1.165, 1.54) is 47.1 Å². The number of hydrogen-bond donors (Lipinski definition) is 0. The summed E-state index contributed by atoms with van der Waals surface area (Å²) >= 11 is 0. The summed E-state index contributed by atoms with van der Waals surface area (Å²) in [5, 5.41) is 0. The molecule has 0 saturated carbocycles. The molecule has 2 unspecified atom stereocenters. The van der Waals surface area contributed by atoms with Crippen molar-refractivity contribution in [3.05, 3.63) is 52.6 Å². The molecule has 0 aromatic heterocycles. The summed E-state index contributed by atoms with van der Waals surface area (Å²) in [6, 6.07) is 4.48. The molecule has 0 amide bonds. The number of carbonyl (C=O) groups excluding carboxylic acids is 1. The highest BCUT2D eigenvalue weighted by atomic mass is 16.5. The van der Waals surface area contributed by atoms with Crippen LogP contribution in [0.2, 0.25) is 0 Å². The van der Waals surface area contributed by atoms with Crippen LogP contribution in [0.5, 0.6) is 5.75 Å². The molecular formula is C27H41NO2. The second-order valence-electron chi connectivity index (χ2n) is 9.22. The minimum atomic E-state index is -0.197. The standard InChI is InChI=1S/C27H41NO2/c1-8-10-11-12-21-16-22(9-2)27(25(17-21)30-26(29)18-28(6)7)24-15-20(5)13-14-23(24)19(3)4/h15-17,23-24H,3,8-14,18H2,1-2,4-7H3. The lowest BCUT2D eigenvalue weighted by molar-refractivity contribution is -0.135. The van der Waals surface area contributed by atoms with Crippen molar-refractivity contribution < 1.29 is 9.53 Å². The molecule has 3 heteroatoms. The fraction of sp³-hybridized carbons (Fsp3) is 0.593. The Balaban J connectivity index is 2.55. The molecule has 2 rings (SSSR count). The maximum atomic E-state index is 12.6. The number of aryl methyl sites for hydroxylation is 2. The summed E-state index contributed by atoms with van der Waals surface area (Å²) in [6.07, 6.45) is 10.2. The van der Waals surface area contributed by atoms with E-state index >= 15 is 0 Å². The Morgan fingerprint density at radius 3 is 2.57 bits per heavy atom. The predicted octanol–water partition coefficient (Wildman–Crippen LogP) is 6.46. The zero-order valence-electron chi connectivity index (χ0n) is 20.0. The summed E-state index contributed by atoms with van der Waals surface area (Å²) in [5.74, 6) is 1.17. The first kappa shape index (κ1) is 24.4. The van der Waals surface area contributed by atoms with Gasteiger partial charge in [0.25, 0.3) is 0 Å². The lowest BCUT2D eigenvalue weighted by Crippen LogP contribution is -2.27. The van der Waals surface area contributed by atoms with E-state index in [1.54, 1.807) is 0 Å². The van der Waals surface area contributed by atoms with Crippen molar-refractivity contribution in [2.45, 2.75) is 78.6 Å². The second-order valence-corrected chi connectivity index (χ2v) is 9.22. The lowest BCUT2D eigenvalue weighted by atomic mass is 9.72. The number of benzene rings is 1. The van der Waals surface area contributed by atoms with Crippen LogP contribution in [0.25, 0.3) is 0 Å². The Hall–Kier alpha value is -1.87. The fourth-order valence-corrected chi connectivity index (χ4v) is 4.55. The number of rotatable bonds is 10. The van der Waals surface area contributed by atoms with Crippen molar-refractivity contribution in [1.82, 2.24) is 4.90 Å². The number of allylic oxidation sites excluding steroid dienone is 3. The van der Waals surface area contributed by atoms with Gasteiger partial charge in [0.15, 0.2) is 0 Å². The van der Waals surface area contributed by atoms with Crippen LogP contribution in [-0.4, -0.2) is 31.5 Å². The van der Waals surface area contributed by atoms with Crippen LogP contribution < -0.4 is 4.74 Å². The lowest BCUT2D eigenvalue weighted by Gasteiger charge is -2.33. The van der Waals surface area contributed by atoms with Gasteiger partial charge in [-0.1, -0.05) is 56.6 Å². The first-order valence-corrected chi connectivity index (χ1v) is 11.6. The maximum absolute atomic E-state index is 12.6. The Labute approximate surface area is 184 Å². The molecule has 30 heavy (non-hydrogen) atoms. The first-order chi connectivity index (χ1) is 14.3. The Bertz CT molecular complexity index is 775. The Kier molecular flexibility index (Phi) is 9.36. The molecule has 1 aliphatic rings. The summed E-state index contributed by atoms with van der Waals surface area (Å²) in [6.45, 7) is 13.3. The third-order valence-electron chi connectivity index (χ3n) is 6.12. The summed E-state index contributed by atoms with van der Waals surface area (Å²) in [7, 11) is 3.79. The van der Waals surface area contributed by atoms with Gasteiger partial charge >= 0.3 is 5.97 Å². The van der Waals surface area contributed by atoms with Crippen molar-refractivity contribution in [2.75, 3.05) is 20.6 Å². The van der Waals surface area contributed by atoms with Crippen LogP contribution >= 0.6 is 0 Å². The number of hydrogen-bond acceptors (Lipinski definition) is 3. The summed E-state index contributed by atoms with van der Waals surface area (Å²) in [5.41, 5.74) is 6.40. The van der Waals surface area contributed by atoms with Gasteiger partial charge in [0.2, 0.25) is 0 Å². The predicted molar refractivity (Wildman–Crippen MR) is 127 cm³/mol. The average molecular weight is 412 g/mol. The Morgan fingerprint density at radius 2 is 1.97 bits per heavy atom. The Morgan fingerprint density at radius 1 is 1.23 bits per heavy atom. The van der Waals surface area contributed by atoms with E-state index in [-0.39, 0.29) is 18.4 Å². The molecule has 1 aromatic carbocycles. The van der Waals surface area contributed by atoms with Crippen LogP contribution in [0.1, 0.15) is 82.4 Å². The van der Waals surface area contributed by atoms with Crippen molar-refractivity contribution in [3.8, 4) is 5.75 Å². The highest BCUT2D eigenvalue weighted by Gasteiger charge is 2.30. The zero-order chi connectivity index (χ0) is 22.3. The number of likely N-dealkylation sites (N-methyl/N-ethyl adjacent to an activating group) is 1. The van der Waals surface area contributed by atoms with Gasteiger partial charge in [0.05, 0.1) is 6.54 Å². The third-order valence-corrected chi connectivity index (χ3v) is 6.12. The largest absolute Gasteiger partial charge is 0.425 e. The molecule has 0 N–H and O–H groups in total. The van der Waals surface area contributed by atoms with Crippen molar-refractivity contribution in [1.29, 1.82) is 0 Å². The molecule has 1 aliphatic carbocycles. The molecule has 1 aromatic rings. The summed E-state index contributed by atoms with van der Waals surface area (Å²) in [4.78, 5) is 14.5.